The van der Waals surface area contributed by atoms with E-state index in [2.05, 4.69) is 15.0 Å². The standard InChI is InChI=1S/C36H41N7O5/c1-35(2,3)47-33(44)42-13-7-8-26(42)30-38-22-11-9-19(14-24(22)40-30)29-18-37-32(46-29)20-10-12-23-25(15-20)41-31(39-23)28-17-21-16-27(21)43(28)34(45)48-36(4,5)6/h9-12,14-15,18,21,26-28H,7-8,13,16-17H2,1-6H3,(H,38,40)(H,39,41)/t21-,26-,27-,28-/m0/s1. The topological polar surface area (TPSA) is 142 Å². The molecule has 12 nitrogen and oxygen atoms in total. The lowest BCUT2D eigenvalue weighted by Gasteiger charge is -2.29. The van der Waals surface area contributed by atoms with E-state index in [1.54, 1.807) is 11.1 Å². The van der Waals surface area contributed by atoms with Gasteiger partial charge in [-0.1, -0.05) is 0 Å². The van der Waals surface area contributed by atoms with Crippen molar-refractivity contribution in [2.75, 3.05) is 6.54 Å². The number of carbonyl (C=O) groups excluding carboxylic acids is 2. The van der Waals surface area contributed by atoms with E-state index in [9.17, 15) is 9.59 Å². The first-order chi connectivity index (χ1) is 22.8. The molecule has 0 spiro atoms. The molecule has 5 heterocycles. The first-order valence-corrected chi connectivity index (χ1v) is 16.8. The number of amides is 2. The number of piperidine rings is 1. The van der Waals surface area contributed by atoms with Crippen LogP contribution in [0.4, 0.5) is 9.59 Å². The number of nitrogens with one attached hydrogen (secondary N) is 2. The van der Waals surface area contributed by atoms with E-state index in [-0.39, 0.29) is 30.3 Å². The summed E-state index contributed by atoms with van der Waals surface area (Å²) in [6.07, 6.45) is 4.74. The second-order valence-corrected chi connectivity index (χ2v) is 15.3. The maximum absolute atomic E-state index is 13.1. The van der Waals surface area contributed by atoms with Crippen LogP contribution < -0.4 is 0 Å². The summed E-state index contributed by atoms with van der Waals surface area (Å²) >= 11 is 0. The van der Waals surface area contributed by atoms with Crippen LogP contribution in [0.2, 0.25) is 0 Å². The summed E-state index contributed by atoms with van der Waals surface area (Å²) in [6, 6.07) is 11.7. The van der Waals surface area contributed by atoms with Crippen LogP contribution in [0.1, 0.15) is 91.0 Å². The van der Waals surface area contributed by atoms with Crippen molar-refractivity contribution >= 4 is 34.3 Å². The minimum Gasteiger partial charge on any atom is -0.444 e. The van der Waals surface area contributed by atoms with Gasteiger partial charge < -0.3 is 23.9 Å². The fourth-order valence-corrected chi connectivity index (χ4v) is 7.07. The van der Waals surface area contributed by atoms with Gasteiger partial charge in [-0.15, -0.1) is 0 Å². The minimum absolute atomic E-state index is 0.140. The number of carbonyl (C=O) groups is 2. The number of fused-ring (bicyclic) bond motifs is 3. The molecular formula is C36H41N7O5. The van der Waals surface area contributed by atoms with Crippen molar-refractivity contribution in [2.45, 2.75) is 96.6 Å². The SMILES string of the molecule is CC(C)(C)OC(=O)N1CCC[C@H]1c1nc2cc(-c3cnc(-c4ccc5nc([C@@H]6C[C@@H]7C[C@@H]7N6C(=O)OC(C)(C)C)[nH]c5c4)o3)ccc2[nH]1. The van der Waals surface area contributed by atoms with Crippen LogP contribution >= 0.6 is 0 Å². The van der Waals surface area contributed by atoms with E-state index in [1.165, 1.54) is 0 Å². The Labute approximate surface area is 278 Å². The van der Waals surface area contributed by atoms with Crippen LogP contribution in [0.25, 0.3) is 44.8 Å². The van der Waals surface area contributed by atoms with E-state index in [1.807, 2.05) is 82.8 Å². The molecule has 5 aromatic rings. The molecule has 0 bridgehead atoms. The van der Waals surface area contributed by atoms with Gasteiger partial charge in [0.2, 0.25) is 5.89 Å². The Bertz CT molecular complexity index is 2050. The van der Waals surface area contributed by atoms with Gasteiger partial charge in [0, 0.05) is 23.7 Å². The van der Waals surface area contributed by atoms with Gasteiger partial charge in [-0.25, -0.2) is 24.5 Å². The fraction of sp³-hybridized carbons (Fsp3) is 0.472. The maximum atomic E-state index is 13.1. The molecule has 2 saturated heterocycles. The second-order valence-electron chi connectivity index (χ2n) is 15.3. The Morgan fingerprint density at radius 3 is 2.33 bits per heavy atom. The molecule has 3 aliphatic rings. The number of oxazole rings is 1. The molecule has 3 aromatic heterocycles. The van der Waals surface area contributed by atoms with Gasteiger partial charge in [0.1, 0.15) is 22.9 Å². The molecular weight excluding hydrogens is 610 g/mol. The van der Waals surface area contributed by atoms with Crippen LogP contribution in [0.3, 0.4) is 0 Å². The van der Waals surface area contributed by atoms with Crippen molar-refractivity contribution in [3.05, 3.63) is 54.2 Å². The third-order valence-corrected chi connectivity index (χ3v) is 9.26. The zero-order valence-corrected chi connectivity index (χ0v) is 28.2. The lowest BCUT2D eigenvalue weighted by Crippen LogP contribution is -2.38. The maximum Gasteiger partial charge on any atom is 0.411 e. The molecule has 8 rings (SSSR count). The van der Waals surface area contributed by atoms with Crippen molar-refractivity contribution in [1.82, 2.24) is 34.7 Å². The first kappa shape index (κ1) is 30.5. The summed E-state index contributed by atoms with van der Waals surface area (Å²) < 4.78 is 17.6. The summed E-state index contributed by atoms with van der Waals surface area (Å²) in [5.41, 5.74) is 3.89. The molecule has 1 aliphatic carbocycles. The van der Waals surface area contributed by atoms with Crippen LogP contribution in [-0.4, -0.2) is 70.7 Å². The Morgan fingerprint density at radius 2 is 1.54 bits per heavy atom. The highest BCUT2D eigenvalue weighted by Crippen LogP contribution is 2.53. The summed E-state index contributed by atoms with van der Waals surface area (Å²) in [5.74, 6) is 3.13. The number of benzene rings is 2. The number of hydrogen-bond acceptors (Lipinski definition) is 8. The number of aromatic nitrogens is 5. The van der Waals surface area contributed by atoms with Crippen molar-refractivity contribution in [2.24, 2.45) is 5.92 Å². The molecule has 3 fully saturated rings. The zero-order chi connectivity index (χ0) is 33.5. The molecule has 0 radical (unpaired) electrons. The third kappa shape index (κ3) is 5.67. The van der Waals surface area contributed by atoms with Gasteiger partial charge in [-0.2, -0.15) is 0 Å². The Hall–Kier alpha value is -4.87. The van der Waals surface area contributed by atoms with Crippen LogP contribution in [0, 0.1) is 5.92 Å². The molecule has 12 heteroatoms. The second kappa shape index (κ2) is 10.8. The molecule has 0 unspecified atom stereocenters. The summed E-state index contributed by atoms with van der Waals surface area (Å²) in [7, 11) is 0. The number of rotatable bonds is 4. The average Bonchev–Trinajstić information content (AvgIpc) is 3.63. The number of hydrogen-bond donors (Lipinski definition) is 2. The predicted molar refractivity (Wildman–Crippen MR) is 179 cm³/mol. The van der Waals surface area contributed by atoms with E-state index < -0.39 is 11.2 Å². The van der Waals surface area contributed by atoms with Crippen molar-refractivity contribution < 1.29 is 23.5 Å². The molecule has 250 valence electrons. The van der Waals surface area contributed by atoms with E-state index in [0.29, 0.717) is 24.1 Å². The lowest BCUT2D eigenvalue weighted by atomic mass is 10.1. The monoisotopic (exact) mass is 651 g/mol. The number of aromatic amines is 2. The van der Waals surface area contributed by atoms with E-state index >= 15 is 0 Å². The average molecular weight is 652 g/mol. The normalized spacial score (nSPS) is 22.5. The molecule has 2 N–H and O–H groups in total. The van der Waals surface area contributed by atoms with Gasteiger partial charge >= 0.3 is 12.2 Å². The largest absolute Gasteiger partial charge is 0.444 e. The summed E-state index contributed by atoms with van der Waals surface area (Å²) in [4.78, 5) is 50.8. The minimum atomic E-state index is -0.559. The fourth-order valence-electron chi connectivity index (χ4n) is 7.07. The first-order valence-electron chi connectivity index (χ1n) is 16.8. The molecule has 2 aromatic carbocycles. The van der Waals surface area contributed by atoms with Gasteiger partial charge in [-0.3, -0.25) is 9.80 Å². The Balaban J connectivity index is 1.01. The molecule has 4 atom stereocenters. The van der Waals surface area contributed by atoms with Gasteiger partial charge in [-0.05, 0) is 110 Å². The summed E-state index contributed by atoms with van der Waals surface area (Å²) in [5, 5.41) is 0. The highest BCUT2D eigenvalue weighted by Gasteiger charge is 2.56. The van der Waals surface area contributed by atoms with Crippen LogP contribution in [-0.2, 0) is 9.47 Å². The van der Waals surface area contributed by atoms with Crippen molar-refractivity contribution in [3.8, 4) is 22.8 Å². The highest BCUT2D eigenvalue weighted by atomic mass is 16.6. The Morgan fingerprint density at radius 1 is 0.833 bits per heavy atom. The highest BCUT2D eigenvalue weighted by molar-refractivity contribution is 5.83. The zero-order valence-electron chi connectivity index (χ0n) is 28.2. The number of H-pyrrole nitrogens is 2. The van der Waals surface area contributed by atoms with Crippen LogP contribution in [0.15, 0.2) is 47.0 Å². The number of imidazole rings is 2. The number of likely N-dealkylation sites (tertiary alicyclic amines) is 2. The predicted octanol–water partition coefficient (Wildman–Crippen LogP) is 7.90. The van der Waals surface area contributed by atoms with Crippen molar-refractivity contribution in [1.29, 1.82) is 0 Å². The van der Waals surface area contributed by atoms with E-state index in [0.717, 1.165) is 70.5 Å². The lowest BCUT2D eigenvalue weighted by molar-refractivity contribution is 0.0173. The Kier molecular flexibility index (Phi) is 6.87. The number of nitrogens with zero attached hydrogens (tertiary/aromatic N) is 5. The molecule has 1 saturated carbocycles. The molecule has 48 heavy (non-hydrogen) atoms. The number of ether oxygens (including phenoxy) is 2. The van der Waals surface area contributed by atoms with Crippen molar-refractivity contribution in [3.63, 3.8) is 0 Å². The van der Waals surface area contributed by atoms with Crippen LogP contribution in [0.5, 0.6) is 0 Å². The van der Waals surface area contributed by atoms with Gasteiger partial charge in [0.25, 0.3) is 0 Å². The third-order valence-electron chi connectivity index (χ3n) is 9.26. The quantitative estimate of drug-likeness (QED) is 0.200. The van der Waals surface area contributed by atoms with Gasteiger partial charge in [0.15, 0.2) is 5.76 Å². The van der Waals surface area contributed by atoms with E-state index in [4.69, 9.17) is 23.9 Å². The molecule has 2 amide bonds. The molecule has 2 aliphatic heterocycles. The van der Waals surface area contributed by atoms with Gasteiger partial charge in [0.05, 0.1) is 40.3 Å². The smallest absolute Gasteiger partial charge is 0.411 e. The summed E-state index contributed by atoms with van der Waals surface area (Å²) in [6.45, 7) is 11.9.